The summed E-state index contributed by atoms with van der Waals surface area (Å²) in [6.07, 6.45) is 0.697. The van der Waals surface area contributed by atoms with Crippen molar-refractivity contribution in [3.8, 4) is 5.75 Å². The molecule has 0 saturated carbocycles. The van der Waals surface area contributed by atoms with Crippen LogP contribution in [0.15, 0.2) is 60.7 Å². The van der Waals surface area contributed by atoms with Crippen LogP contribution in [0.4, 0.5) is 0 Å². The van der Waals surface area contributed by atoms with E-state index in [0.717, 1.165) is 10.8 Å². The molecule has 4 heteroatoms. The molecule has 22 heavy (non-hydrogen) atoms. The van der Waals surface area contributed by atoms with Gasteiger partial charge in [-0.05, 0) is 35.0 Å². The fraction of sp³-hybridized carbons (Fsp3) is 0. The van der Waals surface area contributed by atoms with Gasteiger partial charge in [0.2, 0.25) is 0 Å². The SMILES string of the molecule is O=Cc1c(OC(=O)c2cccc(Cl)c2)ccc2ccccc12. The van der Waals surface area contributed by atoms with Crippen LogP contribution in [0, 0.1) is 0 Å². The molecule has 3 rings (SSSR count). The van der Waals surface area contributed by atoms with Crippen LogP contribution in [0.3, 0.4) is 0 Å². The van der Waals surface area contributed by atoms with E-state index in [1.54, 1.807) is 24.3 Å². The van der Waals surface area contributed by atoms with Crippen LogP contribution in [0.2, 0.25) is 5.02 Å². The van der Waals surface area contributed by atoms with Crippen molar-refractivity contribution >= 4 is 34.6 Å². The molecule has 3 nitrogen and oxygen atoms in total. The zero-order valence-electron chi connectivity index (χ0n) is 11.5. The first-order valence-electron chi connectivity index (χ1n) is 6.64. The summed E-state index contributed by atoms with van der Waals surface area (Å²) in [7, 11) is 0. The van der Waals surface area contributed by atoms with Gasteiger partial charge in [-0.1, -0.05) is 48.0 Å². The molecule has 0 amide bonds. The quantitative estimate of drug-likeness (QED) is 0.406. The fourth-order valence-electron chi connectivity index (χ4n) is 2.26. The van der Waals surface area contributed by atoms with Crippen molar-refractivity contribution in [2.24, 2.45) is 0 Å². The molecule has 0 heterocycles. The first-order chi connectivity index (χ1) is 10.7. The van der Waals surface area contributed by atoms with Gasteiger partial charge in [-0.3, -0.25) is 4.79 Å². The molecule has 3 aromatic rings. The lowest BCUT2D eigenvalue weighted by atomic mass is 10.0. The average molecular weight is 311 g/mol. The number of hydrogen-bond acceptors (Lipinski definition) is 3. The van der Waals surface area contributed by atoms with Crippen LogP contribution >= 0.6 is 11.6 Å². The number of fused-ring (bicyclic) bond motifs is 1. The molecule has 0 aromatic heterocycles. The predicted octanol–water partition coefficient (Wildman–Crippen LogP) is 4.52. The van der Waals surface area contributed by atoms with Crippen molar-refractivity contribution in [2.45, 2.75) is 0 Å². The number of esters is 1. The Morgan fingerprint density at radius 1 is 1.00 bits per heavy atom. The summed E-state index contributed by atoms with van der Waals surface area (Å²) in [5.41, 5.74) is 0.686. The zero-order chi connectivity index (χ0) is 15.5. The number of aldehydes is 1. The first kappa shape index (κ1) is 14.3. The third-order valence-electron chi connectivity index (χ3n) is 3.31. The highest BCUT2D eigenvalue weighted by Gasteiger charge is 2.14. The Kier molecular flexibility index (Phi) is 3.90. The number of carbonyl (C=O) groups excluding carboxylic acids is 2. The molecular formula is C18H11ClO3. The Morgan fingerprint density at radius 2 is 1.82 bits per heavy atom. The lowest BCUT2D eigenvalue weighted by Crippen LogP contribution is -2.09. The zero-order valence-corrected chi connectivity index (χ0v) is 12.2. The Bertz CT molecular complexity index is 871. The van der Waals surface area contributed by atoms with E-state index in [1.165, 1.54) is 6.07 Å². The average Bonchev–Trinajstić information content (AvgIpc) is 2.54. The van der Waals surface area contributed by atoms with Gasteiger partial charge in [0.15, 0.2) is 6.29 Å². The standard InChI is InChI=1S/C18H11ClO3/c19-14-6-3-5-13(10-14)18(21)22-17-9-8-12-4-1-2-7-15(12)16(17)11-20/h1-11H. The van der Waals surface area contributed by atoms with Crippen LogP contribution in [-0.4, -0.2) is 12.3 Å². The van der Waals surface area contributed by atoms with Gasteiger partial charge in [-0.25, -0.2) is 4.79 Å². The molecule has 0 N–H and O–H groups in total. The van der Waals surface area contributed by atoms with E-state index in [0.29, 0.717) is 22.4 Å². The van der Waals surface area contributed by atoms with Crippen molar-refractivity contribution < 1.29 is 14.3 Å². The maximum atomic E-state index is 12.2. The number of ether oxygens (including phenoxy) is 1. The maximum Gasteiger partial charge on any atom is 0.343 e. The number of benzene rings is 3. The largest absolute Gasteiger partial charge is 0.422 e. The maximum absolute atomic E-state index is 12.2. The third kappa shape index (κ3) is 2.71. The molecule has 0 aliphatic carbocycles. The summed E-state index contributed by atoms with van der Waals surface area (Å²) in [6, 6.07) is 17.3. The van der Waals surface area contributed by atoms with E-state index in [9.17, 15) is 9.59 Å². The van der Waals surface area contributed by atoms with Crippen LogP contribution < -0.4 is 4.74 Å². The van der Waals surface area contributed by atoms with Gasteiger partial charge < -0.3 is 4.74 Å². The highest BCUT2D eigenvalue weighted by atomic mass is 35.5. The monoisotopic (exact) mass is 310 g/mol. The van der Waals surface area contributed by atoms with Crippen LogP contribution in [-0.2, 0) is 0 Å². The van der Waals surface area contributed by atoms with Gasteiger partial charge in [0.1, 0.15) is 5.75 Å². The Balaban J connectivity index is 2.00. The molecule has 0 radical (unpaired) electrons. The number of carbonyl (C=O) groups is 2. The van der Waals surface area contributed by atoms with E-state index in [4.69, 9.17) is 16.3 Å². The van der Waals surface area contributed by atoms with E-state index < -0.39 is 5.97 Å². The topological polar surface area (TPSA) is 43.4 Å². The van der Waals surface area contributed by atoms with Crippen molar-refractivity contribution in [2.75, 3.05) is 0 Å². The first-order valence-corrected chi connectivity index (χ1v) is 7.01. The molecule has 0 aliphatic rings. The molecule has 108 valence electrons. The van der Waals surface area contributed by atoms with Gasteiger partial charge in [0.05, 0.1) is 11.1 Å². The molecule has 0 aliphatic heterocycles. The molecule has 0 atom stereocenters. The van der Waals surface area contributed by atoms with E-state index in [-0.39, 0.29) is 5.75 Å². The second-order valence-electron chi connectivity index (χ2n) is 4.72. The van der Waals surface area contributed by atoms with E-state index >= 15 is 0 Å². The molecular weight excluding hydrogens is 300 g/mol. The molecule has 0 fully saturated rings. The van der Waals surface area contributed by atoms with Crippen molar-refractivity contribution in [3.63, 3.8) is 0 Å². The Labute approximate surface area is 132 Å². The summed E-state index contributed by atoms with van der Waals surface area (Å²) in [5, 5.41) is 2.10. The number of hydrogen-bond donors (Lipinski definition) is 0. The number of rotatable bonds is 3. The van der Waals surface area contributed by atoms with Crippen molar-refractivity contribution in [3.05, 3.63) is 76.8 Å². The van der Waals surface area contributed by atoms with Gasteiger partial charge in [0.25, 0.3) is 0 Å². The minimum atomic E-state index is -0.555. The highest BCUT2D eigenvalue weighted by Crippen LogP contribution is 2.27. The van der Waals surface area contributed by atoms with Crippen LogP contribution in [0.5, 0.6) is 5.75 Å². The molecule has 3 aromatic carbocycles. The molecule has 0 saturated heterocycles. The summed E-state index contributed by atoms with van der Waals surface area (Å²) >= 11 is 5.86. The minimum absolute atomic E-state index is 0.235. The van der Waals surface area contributed by atoms with Gasteiger partial charge in [-0.2, -0.15) is 0 Å². The number of halogens is 1. The van der Waals surface area contributed by atoms with Crippen LogP contribution in [0.1, 0.15) is 20.7 Å². The second-order valence-corrected chi connectivity index (χ2v) is 5.15. The fourth-order valence-corrected chi connectivity index (χ4v) is 2.45. The second kappa shape index (κ2) is 6.00. The van der Waals surface area contributed by atoms with E-state index in [1.807, 2.05) is 30.3 Å². The van der Waals surface area contributed by atoms with Gasteiger partial charge in [0, 0.05) is 5.02 Å². The minimum Gasteiger partial charge on any atom is -0.422 e. The lowest BCUT2D eigenvalue weighted by molar-refractivity contribution is 0.0734. The van der Waals surface area contributed by atoms with Gasteiger partial charge >= 0.3 is 5.97 Å². The Hall–Kier alpha value is -2.65. The lowest BCUT2D eigenvalue weighted by Gasteiger charge is -2.09. The predicted molar refractivity (Wildman–Crippen MR) is 85.7 cm³/mol. The smallest absolute Gasteiger partial charge is 0.343 e. The van der Waals surface area contributed by atoms with Gasteiger partial charge in [-0.15, -0.1) is 0 Å². The molecule has 0 spiro atoms. The van der Waals surface area contributed by atoms with E-state index in [2.05, 4.69) is 0 Å². The summed E-state index contributed by atoms with van der Waals surface area (Å²) in [4.78, 5) is 23.6. The molecule has 0 bridgehead atoms. The van der Waals surface area contributed by atoms with Crippen molar-refractivity contribution in [1.82, 2.24) is 0 Å². The third-order valence-corrected chi connectivity index (χ3v) is 3.55. The van der Waals surface area contributed by atoms with Crippen molar-refractivity contribution in [1.29, 1.82) is 0 Å². The Morgan fingerprint density at radius 3 is 2.59 bits per heavy atom. The van der Waals surface area contributed by atoms with Crippen LogP contribution in [0.25, 0.3) is 10.8 Å². The normalized spacial score (nSPS) is 10.4. The summed E-state index contributed by atoms with van der Waals surface area (Å²) < 4.78 is 5.36. The summed E-state index contributed by atoms with van der Waals surface area (Å²) in [5.74, 6) is -0.320. The molecule has 0 unspecified atom stereocenters. The summed E-state index contributed by atoms with van der Waals surface area (Å²) in [6.45, 7) is 0. The highest BCUT2D eigenvalue weighted by molar-refractivity contribution is 6.30.